The number of hydrogen-bond acceptors (Lipinski definition) is 4. The van der Waals surface area contributed by atoms with Gasteiger partial charge in [-0.05, 0) is 24.5 Å². The molecule has 20 heavy (non-hydrogen) atoms. The summed E-state index contributed by atoms with van der Waals surface area (Å²) >= 11 is 1.82. The first-order chi connectivity index (χ1) is 9.68. The molecule has 1 aliphatic heterocycles. The van der Waals surface area contributed by atoms with Crippen LogP contribution in [0.3, 0.4) is 0 Å². The Morgan fingerprint density at radius 2 is 1.90 bits per heavy atom. The van der Waals surface area contributed by atoms with Crippen molar-refractivity contribution in [1.82, 2.24) is 9.62 Å². The molecule has 4 nitrogen and oxygen atoms in total. The number of rotatable bonds is 5. The van der Waals surface area contributed by atoms with Crippen molar-refractivity contribution in [1.29, 1.82) is 0 Å². The van der Waals surface area contributed by atoms with Crippen molar-refractivity contribution in [2.75, 3.05) is 24.6 Å². The lowest BCUT2D eigenvalue weighted by Gasteiger charge is -2.26. The van der Waals surface area contributed by atoms with Gasteiger partial charge in [0.25, 0.3) is 0 Å². The highest BCUT2D eigenvalue weighted by atomic mass is 32.2. The zero-order chi connectivity index (χ0) is 14.0. The van der Waals surface area contributed by atoms with Crippen molar-refractivity contribution in [3.8, 4) is 0 Å². The third kappa shape index (κ3) is 3.19. The Labute approximate surface area is 125 Å². The second-order valence-electron chi connectivity index (χ2n) is 5.28. The van der Waals surface area contributed by atoms with Crippen molar-refractivity contribution < 1.29 is 8.42 Å². The van der Waals surface area contributed by atoms with Gasteiger partial charge >= 0.3 is 0 Å². The number of benzene rings is 1. The highest BCUT2D eigenvalue weighted by Crippen LogP contribution is 2.25. The molecule has 0 spiro atoms. The fourth-order valence-electron chi connectivity index (χ4n) is 2.37. The van der Waals surface area contributed by atoms with Crippen LogP contribution in [0.2, 0.25) is 0 Å². The minimum Gasteiger partial charge on any atom is -0.310 e. The lowest BCUT2D eigenvalue weighted by atomic mass is 10.2. The summed E-state index contributed by atoms with van der Waals surface area (Å²) in [6, 6.07) is 7.96. The van der Waals surface area contributed by atoms with Gasteiger partial charge in [0.2, 0.25) is 10.0 Å². The van der Waals surface area contributed by atoms with Crippen LogP contribution in [0.1, 0.15) is 18.4 Å². The van der Waals surface area contributed by atoms with Gasteiger partial charge in [-0.25, -0.2) is 8.42 Å². The number of sulfonamides is 1. The Hall–Kier alpha value is -0.560. The van der Waals surface area contributed by atoms with E-state index in [1.807, 2.05) is 30.0 Å². The SMILES string of the molecule is O=S(=O)(c1ccccc1CNC1CC1)N1CCSCC1. The summed E-state index contributed by atoms with van der Waals surface area (Å²) in [5.74, 6) is 1.78. The molecule has 1 aromatic rings. The molecule has 1 saturated carbocycles. The average molecular weight is 312 g/mol. The molecule has 1 aliphatic carbocycles. The number of thioether (sulfide) groups is 1. The molecule has 0 radical (unpaired) electrons. The number of nitrogens with one attached hydrogen (secondary N) is 1. The van der Waals surface area contributed by atoms with E-state index in [1.54, 1.807) is 10.4 Å². The predicted octanol–water partition coefficient (Wildman–Crippen LogP) is 1.68. The van der Waals surface area contributed by atoms with E-state index in [1.165, 1.54) is 12.8 Å². The summed E-state index contributed by atoms with van der Waals surface area (Å²) in [7, 11) is -3.34. The van der Waals surface area contributed by atoms with Crippen LogP contribution in [0.15, 0.2) is 29.2 Å². The van der Waals surface area contributed by atoms with Crippen LogP contribution in [0.25, 0.3) is 0 Å². The second-order valence-corrected chi connectivity index (χ2v) is 8.41. The Bertz CT molecular complexity index is 564. The third-order valence-corrected chi connectivity index (χ3v) is 6.66. The first kappa shape index (κ1) is 14.4. The van der Waals surface area contributed by atoms with Gasteiger partial charge < -0.3 is 5.32 Å². The van der Waals surface area contributed by atoms with Crippen molar-refractivity contribution in [3.63, 3.8) is 0 Å². The van der Waals surface area contributed by atoms with Crippen molar-refractivity contribution in [2.24, 2.45) is 0 Å². The van der Waals surface area contributed by atoms with Gasteiger partial charge in [0.05, 0.1) is 4.90 Å². The molecule has 0 unspecified atom stereocenters. The van der Waals surface area contributed by atoms with Gasteiger partial charge in [0, 0.05) is 37.2 Å². The quantitative estimate of drug-likeness (QED) is 0.899. The first-order valence-corrected chi connectivity index (χ1v) is 9.66. The van der Waals surface area contributed by atoms with Gasteiger partial charge in [0.15, 0.2) is 0 Å². The molecule has 1 aromatic carbocycles. The molecular weight excluding hydrogens is 292 g/mol. The lowest BCUT2D eigenvalue weighted by molar-refractivity contribution is 0.442. The molecule has 110 valence electrons. The average Bonchev–Trinajstić information content (AvgIpc) is 3.30. The van der Waals surface area contributed by atoms with E-state index >= 15 is 0 Å². The zero-order valence-corrected chi connectivity index (χ0v) is 13.0. The van der Waals surface area contributed by atoms with Crippen LogP contribution >= 0.6 is 11.8 Å². The molecule has 0 amide bonds. The standard InChI is InChI=1S/C14H20N2O2S2/c17-20(18,16-7-9-19-10-8-16)14-4-2-1-3-12(14)11-15-13-5-6-13/h1-4,13,15H,5-11H2. The Morgan fingerprint density at radius 1 is 1.20 bits per heavy atom. The predicted molar refractivity (Wildman–Crippen MR) is 82.4 cm³/mol. The van der Waals surface area contributed by atoms with Crippen LogP contribution in [0, 0.1) is 0 Å². The summed E-state index contributed by atoms with van der Waals surface area (Å²) < 4.78 is 27.1. The summed E-state index contributed by atoms with van der Waals surface area (Å²) in [5.41, 5.74) is 0.887. The van der Waals surface area contributed by atoms with Crippen LogP contribution < -0.4 is 5.32 Å². The van der Waals surface area contributed by atoms with Crippen LogP contribution in [-0.2, 0) is 16.6 Å². The fraction of sp³-hybridized carbons (Fsp3) is 0.571. The summed E-state index contributed by atoms with van der Waals surface area (Å²) in [6.45, 7) is 1.89. The molecule has 1 N–H and O–H groups in total. The minimum absolute atomic E-state index is 0.472. The third-order valence-electron chi connectivity index (χ3n) is 3.72. The van der Waals surface area contributed by atoms with Gasteiger partial charge in [-0.1, -0.05) is 18.2 Å². The Morgan fingerprint density at radius 3 is 2.60 bits per heavy atom. The molecule has 0 atom stereocenters. The van der Waals surface area contributed by atoms with E-state index < -0.39 is 10.0 Å². The zero-order valence-electron chi connectivity index (χ0n) is 11.4. The highest BCUT2D eigenvalue weighted by molar-refractivity contribution is 7.99. The van der Waals surface area contributed by atoms with Crippen molar-refractivity contribution >= 4 is 21.8 Å². The van der Waals surface area contributed by atoms with Crippen molar-refractivity contribution in [3.05, 3.63) is 29.8 Å². The first-order valence-electron chi connectivity index (χ1n) is 7.07. The summed E-state index contributed by atoms with van der Waals surface area (Å²) in [6.07, 6.45) is 2.41. The second kappa shape index (κ2) is 6.05. The van der Waals surface area contributed by atoms with Crippen LogP contribution in [0.5, 0.6) is 0 Å². The maximum atomic E-state index is 12.8. The lowest BCUT2D eigenvalue weighted by Crippen LogP contribution is -2.38. The normalized spacial score (nSPS) is 21.0. The molecule has 6 heteroatoms. The van der Waals surface area contributed by atoms with E-state index in [0.717, 1.165) is 17.1 Å². The fourth-order valence-corrected chi connectivity index (χ4v) is 5.17. The van der Waals surface area contributed by atoms with Gasteiger partial charge in [0.1, 0.15) is 0 Å². The topological polar surface area (TPSA) is 49.4 Å². The summed E-state index contributed by atoms with van der Waals surface area (Å²) in [5, 5.41) is 3.40. The minimum atomic E-state index is -3.34. The smallest absolute Gasteiger partial charge is 0.243 e. The molecular formula is C14H20N2O2S2. The Kier molecular flexibility index (Phi) is 4.35. The van der Waals surface area contributed by atoms with Crippen LogP contribution in [0.4, 0.5) is 0 Å². The van der Waals surface area contributed by atoms with E-state index in [2.05, 4.69) is 5.32 Å². The molecule has 2 aliphatic rings. The molecule has 0 bridgehead atoms. The van der Waals surface area contributed by atoms with Gasteiger partial charge in [-0.2, -0.15) is 16.1 Å². The summed E-state index contributed by atoms with van der Waals surface area (Å²) in [4.78, 5) is 0.472. The Balaban J connectivity index is 1.83. The highest BCUT2D eigenvalue weighted by Gasteiger charge is 2.28. The van der Waals surface area contributed by atoms with E-state index in [9.17, 15) is 8.42 Å². The van der Waals surface area contributed by atoms with E-state index in [4.69, 9.17) is 0 Å². The van der Waals surface area contributed by atoms with Gasteiger partial charge in [-0.3, -0.25) is 0 Å². The molecule has 0 aromatic heterocycles. The molecule has 3 rings (SSSR count). The molecule has 1 heterocycles. The largest absolute Gasteiger partial charge is 0.310 e. The number of hydrogen-bond donors (Lipinski definition) is 1. The van der Waals surface area contributed by atoms with Gasteiger partial charge in [-0.15, -0.1) is 0 Å². The van der Waals surface area contributed by atoms with Crippen molar-refractivity contribution in [2.45, 2.75) is 30.3 Å². The van der Waals surface area contributed by atoms with E-state index in [0.29, 0.717) is 30.6 Å². The maximum Gasteiger partial charge on any atom is 0.243 e. The maximum absolute atomic E-state index is 12.8. The monoisotopic (exact) mass is 312 g/mol. The molecule has 2 fully saturated rings. The molecule has 1 saturated heterocycles. The van der Waals surface area contributed by atoms with Crippen LogP contribution in [-0.4, -0.2) is 43.4 Å². The van der Waals surface area contributed by atoms with E-state index in [-0.39, 0.29) is 0 Å². The number of nitrogens with zero attached hydrogens (tertiary/aromatic N) is 1.